The van der Waals surface area contributed by atoms with E-state index in [0.717, 1.165) is 96.9 Å². The Morgan fingerprint density at radius 2 is 1.82 bits per heavy atom. The number of likely N-dealkylation sites (tertiary alicyclic amines) is 2. The molecule has 9 heteroatoms. The fourth-order valence-corrected chi connectivity index (χ4v) is 7.96. The SMILES string of the molecule is CN1CCC[C@H]1COc1nc(N2[C@@H]3CC[C@H]2CN(C(=O)[C@H]2CCCN2)C3)c2ccc(-c3cc(O)cc4ccccc34)cc2n1. The van der Waals surface area contributed by atoms with Crippen LogP contribution in [-0.4, -0.2) is 94.8 Å². The molecule has 0 radical (unpaired) electrons. The quantitative estimate of drug-likeness (QED) is 0.337. The van der Waals surface area contributed by atoms with Crippen molar-refractivity contribution in [1.82, 2.24) is 25.1 Å². The molecule has 2 N–H and O–H groups in total. The van der Waals surface area contributed by atoms with E-state index in [1.54, 1.807) is 6.07 Å². The number of phenolic OH excluding ortho intramolecular Hbond substituents is 1. The molecule has 0 unspecified atom stereocenters. The highest BCUT2D eigenvalue weighted by Crippen LogP contribution is 2.40. The Balaban J connectivity index is 1.18. The minimum Gasteiger partial charge on any atom is -0.508 e. The normalized spacial score (nSPS) is 25.4. The number of nitrogens with zero attached hydrogens (tertiary/aromatic N) is 5. The maximum Gasteiger partial charge on any atom is 0.319 e. The van der Waals surface area contributed by atoms with Crippen LogP contribution >= 0.6 is 0 Å². The van der Waals surface area contributed by atoms with E-state index >= 15 is 0 Å². The highest BCUT2D eigenvalue weighted by molar-refractivity contribution is 6.01. The summed E-state index contributed by atoms with van der Waals surface area (Å²) < 4.78 is 6.35. The van der Waals surface area contributed by atoms with E-state index in [1.165, 1.54) is 6.42 Å². The minimum absolute atomic E-state index is 0.0403. The number of ether oxygens (including phenoxy) is 1. The molecule has 1 amide bonds. The number of hydrogen-bond donors (Lipinski definition) is 2. The highest BCUT2D eigenvalue weighted by Gasteiger charge is 2.44. The second-order valence-electron chi connectivity index (χ2n) is 13.0. The van der Waals surface area contributed by atoms with Gasteiger partial charge in [0.25, 0.3) is 0 Å². The van der Waals surface area contributed by atoms with Crippen LogP contribution in [0.2, 0.25) is 0 Å². The second kappa shape index (κ2) is 11.2. The molecule has 0 saturated carbocycles. The van der Waals surface area contributed by atoms with Crippen molar-refractivity contribution >= 4 is 33.4 Å². The van der Waals surface area contributed by atoms with Crippen molar-refractivity contribution in [3.8, 4) is 22.9 Å². The fraction of sp³-hybridized carbons (Fsp3) is 0.457. The average Bonchev–Trinajstić information content (AvgIpc) is 3.78. The predicted octanol–water partition coefficient (Wildman–Crippen LogP) is 4.56. The molecule has 2 bridgehead atoms. The first kappa shape index (κ1) is 27.6. The molecule has 44 heavy (non-hydrogen) atoms. The van der Waals surface area contributed by atoms with Crippen molar-refractivity contribution in [2.45, 2.75) is 62.7 Å². The molecule has 0 spiro atoms. The van der Waals surface area contributed by atoms with E-state index < -0.39 is 0 Å². The molecular weight excluding hydrogens is 552 g/mol. The monoisotopic (exact) mass is 592 g/mol. The van der Waals surface area contributed by atoms with E-state index in [0.29, 0.717) is 18.7 Å². The lowest BCUT2D eigenvalue weighted by molar-refractivity contribution is -0.134. The third-order valence-electron chi connectivity index (χ3n) is 10.3. The zero-order chi connectivity index (χ0) is 29.8. The molecule has 4 aliphatic rings. The number of phenols is 1. The molecule has 228 valence electrons. The largest absolute Gasteiger partial charge is 0.508 e. The number of carbonyl (C=O) groups excluding carboxylic acids is 1. The van der Waals surface area contributed by atoms with Crippen LogP contribution < -0.4 is 15.0 Å². The number of rotatable bonds is 6. The van der Waals surface area contributed by atoms with Gasteiger partial charge in [0.15, 0.2) is 0 Å². The van der Waals surface area contributed by atoms with Crippen LogP contribution in [0.3, 0.4) is 0 Å². The lowest BCUT2D eigenvalue weighted by atomic mass is 9.97. The Hall–Kier alpha value is -3.95. The standard InChI is InChI=1S/C35H40N6O3/c1-39-15-5-7-26(39)21-44-35-37-32-17-23(30-18-27(42)16-22-6-2-3-8-28(22)30)10-13-29(32)33(38-35)41-24-11-12-25(41)20-40(19-24)34(43)31-9-4-14-36-31/h2-3,6,8,10,13,16-18,24-26,31,36,42H,4-5,7,9,11-12,14-15,19-21H2,1H3/t24-,25+,26-,31+/m0/s1. The molecule has 4 aromatic rings. The maximum atomic E-state index is 13.3. The van der Waals surface area contributed by atoms with Crippen LogP contribution in [0.1, 0.15) is 38.5 Å². The van der Waals surface area contributed by atoms with E-state index in [-0.39, 0.29) is 29.8 Å². The van der Waals surface area contributed by atoms with E-state index in [1.807, 2.05) is 24.3 Å². The average molecular weight is 593 g/mol. The molecule has 1 aromatic heterocycles. The Morgan fingerprint density at radius 3 is 2.59 bits per heavy atom. The summed E-state index contributed by atoms with van der Waals surface area (Å²) in [6.45, 7) is 4.00. The van der Waals surface area contributed by atoms with Gasteiger partial charge in [-0.15, -0.1) is 0 Å². The molecule has 4 aliphatic heterocycles. The summed E-state index contributed by atoms with van der Waals surface area (Å²) >= 11 is 0. The molecule has 5 heterocycles. The zero-order valence-electron chi connectivity index (χ0n) is 25.3. The summed E-state index contributed by atoms with van der Waals surface area (Å²) in [7, 11) is 2.15. The molecule has 9 nitrogen and oxygen atoms in total. The summed E-state index contributed by atoms with van der Waals surface area (Å²) in [6, 6.07) is 19.2. The molecule has 4 saturated heterocycles. The van der Waals surface area contributed by atoms with Crippen LogP contribution in [-0.2, 0) is 4.79 Å². The number of aromatic hydroxyl groups is 1. The Bertz CT molecular complexity index is 1710. The summed E-state index contributed by atoms with van der Waals surface area (Å²) in [5.74, 6) is 1.39. The number of anilines is 1. The van der Waals surface area contributed by atoms with Gasteiger partial charge in [0.1, 0.15) is 18.2 Å². The highest BCUT2D eigenvalue weighted by atomic mass is 16.5. The van der Waals surface area contributed by atoms with Crippen molar-refractivity contribution < 1.29 is 14.6 Å². The number of piperazine rings is 1. The number of benzene rings is 3. The van der Waals surface area contributed by atoms with Gasteiger partial charge in [0.2, 0.25) is 5.91 Å². The van der Waals surface area contributed by atoms with E-state index in [4.69, 9.17) is 14.7 Å². The van der Waals surface area contributed by atoms with Crippen molar-refractivity contribution in [2.75, 3.05) is 44.7 Å². The van der Waals surface area contributed by atoms with Gasteiger partial charge in [-0.3, -0.25) is 4.79 Å². The van der Waals surface area contributed by atoms with Gasteiger partial charge < -0.3 is 29.9 Å². The van der Waals surface area contributed by atoms with Gasteiger partial charge in [-0.25, -0.2) is 0 Å². The molecule has 3 aromatic carbocycles. The first-order valence-electron chi connectivity index (χ1n) is 16.2. The Kier molecular flexibility index (Phi) is 7.02. The van der Waals surface area contributed by atoms with Gasteiger partial charge in [-0.05, 0) is 105 Å². The van der Waals surface area contributed by atoms with Crippen molar-refractivity contribution in [1.29, 1.82) is 0 Å². The Morgan fingerprint density at radius 1 is 0.977 bits per heavy atom. The Labute approximate surface area is 257 Å². The zero-order valence-corrected chi connectivity index (χ0v) is 25.3. The summed E-state index contributed by atoms with van der Waals surface area (Å²) in [5.41, 5.74) is 2.77. The number of hydrogen-bond acceptors (Lipinski definition) is 8. The first-order chi connectivity index (χ1) is 21.5. The summed E-state index contributed by atoms with van der Waals surface area (Å²) in [6.07, 6.45) is 6.36. The number of fused-ring (bicyclic) bond motifs is 4. The minimum atomic E-state index is -0.0403. The first-order valence-corrected chi connectivity index (χ1v) is 16.2. The third kappa shape index (κ3) is 4.92. The third-order valence-corrected chi connectivity index (χ3v) is 10.3. The van der Waals surface area contributed by atoms with Crippen LogP contribution in [0.25, 0.3) is 32.8 Å². The summed E-state index contributed by atoms with van der Waals surface area (Å²) in [4.78, 5) is 30.3. The van der Waals surface area contributed by atoms with Gasteiger partial charge in [-0.1, -0.05) is 30.3 Å². The van der Waals surface area contributed by atoms with E-state index in [2.05, 4.69) is 51.3 Å². The van der Waals surface area contributed by atoms with Gasteiger partial charge in [-0.2, -0.15) is 9.97 Å². The number of likely N-dealkylation sites (N-methyl/N-ethyl adjacent to an activating group) is 1. The smallest absolute Gasteiger partial charge is 0.319 e. The van der Waals surface area contributed by atoms with Gasteiger partial charge in [0.05, 0.1) is 11.6 Å². The van der Waals surface area contributed by atoms with Gasteiger partial charge in [0, 0.05) is 36.6 Å². The summed E-state index contributed by atoms with van der Waals surface area (Å²) in [5, 5.41) is 17.0. The number of amides is 1. The van der Waals surface area contributed by atoms with E-state index in [9.17, 15) is 9.90 Å². The second-order valence-corrected chi connectivity index (χ2v) is 13.0. The lowest BCUT2D eigenvalue weighted by Gasteiger charge is -2.42. The molecule has 4 fully saturated rings. The van der Waals surface area contributed by atoms with Crippen LogP contribution in [0, 0.1) is 0 Å². The number of nitrogens with one attached hydrogen (secondary N) is 1. The molecular formula is C35H40N6O3. The van der Waals surface area contributed by atoms with Crippen molar-refractivity contribution in [2.24, 2.45) is 0 Å². The van der Waals surface area contributed by atoms with Crippen molar-refractivity contribution in [3.63, 3.8) is 0 Å². The lowest BCUT2D eigenvalue weighted by Crippen LogP contribution is -2.58. The van der Waals surface area contributed by atoms with Crippen LogP contribution in [0.15, 0.2) is 54.6 Å². The maximum absolute atomic E-state index is 13.3. The fourth-order valence-electron chi connectivity index (χ4n) is 7.96. The topological polar surface area (TPSA) is 94.1 Å². The predicted molar refractivity (Wildman–Crippen MR) is 172 cm³/mol. The van der Waals surface area contributed by atoms with Gasteiger partial charge >= 0.3 is 6.01 Å². The van der Waals surface area contributed by atoms with Crippen LogP contribution in [0.4, 0.5) is 5.82 Å². The molecule has 8 rings (SSSR count). The molecule has 0 aliphatic carbocycles. The number of aromatic nitrogens is 2. The van der Waals surface area contributed by atoms with Crippen molar-refractivity contribution in [3.05, 3.63) is 54.6 Å². The number of carbonyl (C=O) groups is 1. The van der Waals surface area contributed by atoms with Crippen LogP contribution in [0.5, 0.6) is 11.8 Å². The molecule has 4 atom stereocenters.